The van der Waals surface area contributed by atoms with Crippen molar-refractivity contribution in [3.8, 4) is 0 Å². The summed E-state index contributed by atoms with van der Waals surface area (Å²) in [5, 5.41) is 9.18. The Labute approximate surface area is 131 Å². The van der Waals surface area contributed by atoms with Crippen molar-refractivity contribution in [3.05, 3.63) is 23.9 Å². The van der Waals surface area contributed by atoms with Crippen LogP contribution >= 0.6 is 0 Å². The van der Waals surface area contributed by atoms with Crippen molar-refractivity contribution in [1.82, 2.24) is 9.88 Å². The van der Waals surface area contributed by atoms with E-state index in [9.17, 15) is 9.90 Å². The van der Waals surface area contributed by atoms with E-state index in [0.717, 1.165) is 31.9 Å². The zero-order valence-corrected chi connectivity index (χ0v) is 13.1. The van der Waals surface area contributed by atoms with Crippen molar-refractivity contribution in [3.63, 3.8) is 0 Å². The first-order valence-electron chi connectivity index (χ1n) is 8.39. The summed E-state index contributed by atoms with van der Waals surface area (Å²) >= 11 is 0. The molecule has 0 aliphatic carbocycles. The van der Waals surface area contributed by atoms with Crippen LogP contribution in [0.15, 0.2) is 18.3 Å². The number of pyridine rings is 1. The molecule has 1 aromatic heterocycles. The number of carbonyl (C=O) groups excluding carboxylic acids is 1. The number of amides is 1. The van der Waals surface area contributed by atoms with Gasteiger partial charge < -0.3 is 14.9 Å². The third-order valence-electron chi connectivity index (χ3n) is 4.76. The summed E-state index contributed by atoms with van der Waals surface area (Å²) in [7, 11) is 0. The standard InChI is InChI=1S/C17H25N3O2/c21-13-14-7-10-20(12-14)17(22)15-5-6-16(18-11-15)19-8-3-1-2-4-9-19/h5-6,11,14,21H,1-4,7-10,12-13H2. The predicted octanol–water partition coefficient (Wildman–Crippen LogP) is 1.92. The number of likely N-dealkylation sites (tertiary alicyclic amines) is 1. The van der Waals surface area contributed by atoms with Crippen molar-refractivity contribution < 1.29 is 9.90 Å². The first-order chi connectivity index (χ1) is 10.8. The van der Waals surface area contributed by atoms with Crippen LogP contribution in [-0.2, 0) is 0 Å². The monoisotopic (exact) mass is 303 g/mol. The van der Waals surface area contributed by atoms with E-state index in [1.54, 1.807) is 6.20 Å². The molecule has 5 nitrogen and oxygen atoms in total. The molecule has 0 radical (unpaired) electrons. The van der Waals surface area contributed by atoms with Gasteiger partial charge in [0.1, 0.15) is 5.82 Å². The summed E-state index contributed by atoms with van der Waals surface area (Å²) in [5.74, 6) is 1.24. The molecule has 22 heavy (non-hydrogen) atoms. The predicted molar refractivity (Wildman–Crippen MR) is 86.0 cm³/mol. The number of aliphatic hydroxyl groups excluding tert-OH is 1. The van der Waals surface area contributed by atoms with E-state index >= 15 is 0 Å². The summed E-state index contributed by atoms with van der Waals surface area (Å²) < 4.78 is 0. The van der Waals surface area contributed by atoms with Crippen LogP contribution in [0.3, 0.4) is 0 Å². The van der Waals surface area contributed by atoms with Gasteiger partial charge in [0.05, 0.1) is 5.56 Å². The molecule has 3 rings (SSSR count). The van der Waals surface area contributed by atoms with Gasteiger partial charge in [-0.15, -0.1) is 0 Å². The van der Waals surface area contributed by atoms with Gasteiger partial charge in [-0.25, -0.2) is 4.98 Å². The third kappa shape index (κ3) is 3.40. The van der Waals surface area contributed by atoms with E-state index in [2.05, 4.69) is 9.88 Å². The fourth-order valence-electron chi connectivity index (χ4n) is 3.35. The number of aromatic nitrogens is 1. The lowest BCUT2D eigenvalue weighted by molar-refractivity contribution is 0.0781. The Balaban J connectivity index is 1.64. The molecule has 2 aliphatic rings. The number of carbonyl (C=O) groups is 1. The molecule has 1 aromatic rings. The molecule has 1 amide bonds. The van der Waals surface area contributed by atoms with Crippen LogP contribution in [0.2, 0.25) is 0 Å². The smallest absolute Gasteiger partial charge is 0.255 e. The van der Waals surface area contributed by atoms with E-state index in [4.69, 9.17) is 0 Å². The van der Waals surface area contributed by atoms with Gasteiger partial charge in [-0.2, -0.15) is 0 Å². The van der Waals surface area contributed by atoms with Gasteiger partial charge in [0.15, 0.2) is 0 Å². The fraction of sp³-hybridized carbons (Fsp3) is 0.647. The van der Waals surface area contributed by atoms with Crippen LogP contribution in [-0.4, -0.2) is 53.7 Å². The Morgan fingerprint density at radius 2 is 1.95 bits per heavy atom. The van der Waals surface area contributed by atoms with Gasteiger partial charge in [0, 0.05) is 44.9 Å². The highest BCUT2D eigenvalue weighted by atomic mass is 16.3. The molecular formula is C17H25N3O2. The third-order valence-corrected chi connectivity index (χ3v) is 4.76. The maximum atomic E-state index is 12.4. The normalized spacial score (nSPS) is 22.7. The molecule has 0 aromatic carbocycles. The number of hydrogen-bond donors (Lipinski definition) is 1. The van der Waals surface area contributed by atoms with Gasteiger partial charge in [0.2, 0.25) is 0 Å². The lowest BCUT2D eigenvalue weighted by Crippen LogP contribution is -2.29. The Bertz CT molecular complexity index is 495. The summed E-state index contributed by atoms with van der Waals surface area (Å²) in [5.41, 5.74) is 0.650. The largest absolute Gasteiger partial charge is 0.396 e. The highest BCUT2D eigenvalue weighted by molar-refractivity contribution is 5.94. The zero-order valence-electron chi connectivity index (χ0n) is 13.1. The van der Waals surface area contributed by atoms with Crippen LogP contribution in [0.5, 0.6) is 0 Å². The highest BCUT2D eigenvalue weighted by Crippen LogP contribution is 2.20. The quantitative estimate of drug-likeness (QED) is 0.927. The molecule has 120 valence electrons. The lowest BCUT2D eigenvalue weighted by atomic mass is 10.1. The van der Waals surface area contributed by atoms with Crippen molar-refractivity contribution in [2.75, 3.05) is 37.7 Å². The maximum Gasteiger partial charge on any atom is 0.255 e. The topological polar surface area (TPSA) is 56.7 Å². The van der Waals surface area contributed by atoms with Gasteiger partial charge in [0.25, 0.3) is 5.91 Å². The SMILES string of the molecule is O=C(c1ccc(N2CCCCCC2)nc1)N1CCC(CO)C1. The van der Waals surface area contributed by atoms with Gasteiger partial charge in [-0.1, -0.05) is 12.8 Å². The summed E-state index contributed by atoms with van der Waals surface area (Å²) in [6, 6.07) is 3.86. The average molecular weight is 303 g/mol. The number of nitrogens with zero attached hydrogens (tertiary/aromatic N) is 3. The molecule has 2 saturated heterocycles. The first-order valence-corrected chi connectivity index (χ1v) is 8.39. The van der Waals surface area contributed by atoms with Crippen molar-refractivity contribution in [1.29, 1.82) is 0 Å². The molecule has 2 fully saturated rings. The van der Waals surface area contributed by atoms with E-state index in [1.807, 2.05) is 17.0 Å². The first kappa shape index (κ1) is 15.3. The van der Waals surface area contributed by atoms with E-state index in [-0.39, 0.29) is 18.4 Å². The second kappa shape index (κ2) is 7.09. The summed E-state index contributed by atoms with van der Waals surface area (Å²) in [4.78, 5) is 21.1. The maximum absolute atomic E-state index is 12.4. The van der Waals surface area contributed by atoms with Crippen LogP contribution in [0.4, 0.5) is 5.82 Å². The number of anilines is 1. The molecule has 3 heterocycles. The fourth-order valence-corrected chi connectivity index (χ4v) is 3.35. The van der Waals surface area contributed by atoms with Crippen LogP contribution < -0.4 is 4.90 Å². The van der Waals surface area contributed by atoms with Crippen LogP contribution in [0.1, 0.15) is 42.5 Å². The molecular weight excluding hydrogens is 278 g/mol. The second-order valence-electron chi connectivity index (χ2n) is 6.39. The van der Waals surface area contributed by atoms with E-state index in [0.29, 0.717) is 12.1 Å². The molecule has 0 saturated carbocycles. The molecule has 0 bridgehead atoms. The minimum Gasteiger partial charge on any atom is -0.396 e. The van der Waals surface area contributed by atoms with Crippen LogP contribution in [0.25, 0.3) is 0 Å². The number of aliphatic hydroxyl groups is 1. The molecule has 1 N–H and O–H groups in total. The lowest BCUT2D eigenvalue weighted by Gasteiger charge is -2.22. The molecule has 1 atom stereocenters. The van der Waals surface area contributed by atoms with Crippen molar-refractivity contribution in [2.24, 2.45) is 5.92 Å². The average Bonchev–Trinajstić information content (AvgIpc) is 2.88. The van der Waals surface area contributed by atoms with Gasteiger partial charge in [-0.05, 0) is 31.4 Å². The summed E-state index contributed by atoms with van der Waals surface area (Å²) in [6.07, 6.45) is 7.63. The summed E-state index contributed by atoms with van der Waals surface area (Å²) in [6.45, 7) is 3.67. The number of rotatable bonds is 3. The van der Waals surface area contributed by atoms with Gasteiger partial charge in [-0.3, -0.25) is 4.79 Å². The Morgan fingerprint density at radius 1 is 1.18 bits per heavy atom. The van der Waals surface area contributed by atoms with Crippen LogP contribution in [0, 0.1) is 5.92 Å². The van der Waals surface area contributed by atoms with Crippen molar-refractivity contribution >= 4 is 11.7 Å². The number of hydrogen-bond acceptors (Lipinski definition) is 4. The van der Waals surface area contributed by atoms with Crippen molar-refractivity contribution in [2.45, 2.75) is 32.1 Å². The molecule has 1 unspecified atom stereocenters. The molecule has 5 heteroatoms. The zero-order chi connectivity index (χ0) is 15.4. The molecule has 2 aliphatic heterocycles. The Kier molecular flexibility index (Phi) is 4.93. The van der Waals surface area contributed by atoms with E-state index in [1.165, 1.54) is 25.7 Å². The second-order valence-corrected chi connectivity index (χ2v) is 6.39. The van der Waals surface area contributed by atoms with E-state index < -0.39 is 0 Å². The Morgan fingerprint density at radius 3 is 2.55 bits per heavy atom. The highest BCUT2D eigenvalue weighted by Gasteiger charge is 2.26. The minimum absolute atomic E-state index is 0.0332. The molecule has 0 spiro atoms. The minimum atomic E-state index is 0.0332. The Hall–Kier alpha value is -1.62. The van der Waals surface area contributed by atoms with Gasteiger partial charge >= 0.3 is 0 Å².